The fourth-order valence-electron chi connectivity index (χ4n) is 5.58. The lowest BCUT2D eigenvalue weighted by atomic mass is 9.95. The number of rotatable bonds is 9. The number of thiophene rings is 1. The molecule has 0 aliphatic carbocycles. The normalized spacial score (nSPS) is 11.5. The summed E-state index contributed by atoms with van der Waals surface area (Å²) >= 11 is 1.46. The predicted molar refractivity (Wildman–Crippen MR) is 189 cm³/mol. The molecule has 7 aromatic rings. The Hall–Kier alpha value is -5.47. The van der Waals surface area contributed by atoms with Crippen LogP contribution in [0.4, 0.5) is 11.5 Å². The molecule has 0 atom stereocenters. The Balaban J connectivity index is 1.49. The summed E-state index contributed by atoms with van der Waals surface area (Å²) in [6, 6.07) is 38.6. The Morgan fingerprint density at radius 3 is 1.96 bits per heavy atom. The SMILES string of the molecule is CCCNS(=O)(=O)c1ccc(Nc2nc3c(sc4nnc(-c5ccccc5)c(-c5ccccc5)c43)c(-c3ccccc3)c2C#N)cc1. The fourth-order valence-corrected chi connectivity index (χ4v) is 7.86. The zero-order valence-corrected chi connectivity index (χ0v) is 26.9. The summed E-state index contributed by atoms with van der Waals surface area (Å²) in [6.45, 7) is 2.26. The van der Waals surface area contributed by atoms with E-state index in [-0.39, 0.29) is 4.90 Å². The van der Waals surface area contributed by atoms with Gasteiger partial charge in [0.15, 0.2) is 0 Å². The van der Waals surface area contributed by atoms with Gasteiger partial charge in [-0.15, -0.1) is 21.5 Å². The van der Waals surface area contributed by atoms with E-state index in [0.717, 1.165) is 43.6 Å². The molecule has 2 N–H and O–H groups in total. The van der Waals surface area contributed by atoms with Gasteiger partial charge in [0.05, 0.1) is 15.1 Å². The van der Waals surface area contributed by atoms with Crippen molar-refractivity contribution in [2.45, 2.75) is 18.2 Å². The second-order valence-corrected chi connectivity index (χ2v) is 13.6. The average molecular weight is 653 g/mol. The maximum Gasteiger partial charge on any atom is 0.240 e. The minimum absolute atomic E-state index is 0.161. The van der Waals surface area contributed by atoms with Crippen molar-refractivity contribution in [2.75, 3.05) is 11.9 Å². The van der Waals surface area contributed by atoms with Crippen LogP contribution in [-0.4, -0.2) is 30.1 Å². The monoisotopic (exact) mass is 652 g/mol. The number of nitrogens with zero attached hydrogens (tertiary/aromatic N) is 4. The molecule has 0 aliphatic heterocycles. The molecule has 0 bridgehead atoms. The van der Waals surface area contributed by atoms with Gasteiger partial charge in [0, 0.05) is 34.3 Å². The van der Waals surface area contributed by atoms with Crippen LogP contribution in [0.5, 0.6) is 0 Å². The smallest absolute Gasteiger partial charge is 0.240 e. The second-order valence-electron chi connectivity index (χ2n) is 10.9. The van der Waals surface area contributed by atoms with E-state index in [1.807, 2.05) is 85.8 Å². The number of hydrogen-bond acceptors (Lipinski definition) is 8. The first kappa shape index (κ1) is 30.2. The van der Waals surface area contributed by atoms with E-state index in [2.05, 4.69) is 28.2 Å². The summed E-state index contributed by atoms with van der Waals surface area (Å²) in [6.07, 6.45) is 0.690. The van der Waals surface area contributed by atoms with E-state index in [1.165, 1.54) is 23.5 Å². The topological polar surface area (TPSA) is 121 Å². The molecule has 0 saturated carbocycles. The number of anilines is 2. The number of nitriles is 1. The van der Waals surface area contributed by atoms with Crippen LogP contribution < -0.4 is 10.0 Å². The fraction of sp³-hybridized carbons (Fsp3) is 0.0811. The number of sulfonamides is 1. The number of pyridine rings is 1. The first-order chi connectivity index (χ1) is 23.0. The van der Waals surface area contributed by atoms with E-state index in [0.29, 0.717) is 40.4 Å². The van der Waals surface area contributed by atoms with Crippen molar-refractivity contribution in [3.05, 3.63) is 121 Å². The molecule has 3 heterocycles. The van der Waals surface area contributed by atoms with Crippen molar-refractivity contribution >= 4 is 53.3 Å². The first-order valence-electron chi connectivity index (χ1n) is 15.1. The van der Waals surface area contributed by atoms with Gasteiger partial charge in [-0.2, -0.15) is 5.26 Å². The third kappa shape index (κ3) is 5.72. The highest BCUT2D eigenvalue weighted by Gasteiger charge is 2.25. The molecule has 0 unspecified atom stereocenters. The highest BCUT2D eigenvalue weighted by molar-refractivity contribution is 7.89. The van der Waals surface area contributed by atoms with Crippen molar-refractivity contribution < 1.29 is 8.42 Å². The molecular formula is C37H28N6O2S2. The molecule has 230 valence electrons. The van der Waals surface area contributed by atoms with Crippen LogP contribution in [0.2, 0.25) is 0 Å². The van der Waals surface area contributed by atoms with E-state index in [4.69, 9.17) is 15.2 Å². The maximum atomic E-state index is 12.7. The maximum absolute atomic E-state index is 12.7. The van der Waals surface area contributed by atoms with Gasteiger partial charge in [0.2, 0.25) is 10.0 Å². The van der Waals surface area contributed by atoms with E-state index in [9.17, 15) is 13.7 Å². The Kier molecular flexibility index (Phi) is 8.18. The molecule has 47 heavy (non-hydrogen) atoms. The highest BCUT2D eigenvalue weighted by atomic mass is 32.2. The van der Waals surface area contributed by atoms with Gasteiger partial charge in [-0.25, -0.2) is 18.1 Å². The largest absolute Gasteiger partial charge is 0.339 e. The Bertz CT molecular complexity index is 2370. The molecule has 10 heteroatoms. The minimum atomic E-state index is -3.63. The molecule has 0 fully saturated rings. The summed E-state index contributed by atoms with van der Waals surface area (Å²) in [4.78, 5) is 5.99. The third-order valence-corrected chi connectivity index (χ3v) is 10.3. The van der Waals surface area contributed by atoms with Crippen LogP contribution in [-0.2, 0) is 10.0 Å². The van der Waals surface area contributed by atoms with E-state index >= 15 is 0 Å². The summed E-state index contributed by atoms with van der Waals surface area (Å²) in [7, 11) is -3.63. The second kappa shape index (κ2) is 12.7. The van der Waals surface area contributed by atoms with E-state index in [1.54, 1.807) is 12.1 Å². The van der Waals surface area contributed by atoms with Crippen molar-refractivity contribution in [3.63, 3.8) is 0 Å². The summed E-state index contributed by atoms with van der Waals surface area (Å²) < 4.78 is 28.8. The van der Waals surface area contributed by atoms with Gasteiger partial charge in [0.1, 0.15) is 28.0 Å². The molecule has 3 aromatic heterocycles. The molecule has 4 aromatic carbocycles. The summed E-state index contributed by atoms with van der Waals surface area (Å²) in [5.74, 6) is 0.357. The lowest BCUT2D eigenvalue weighted by Crippen LogP contribution is -2.24. The van der Waals surface area contributed by atoms with Crippen molar-refractivity contribution in [1.29, 1.82) is 5.26 Å². The van der Waals surface area contributed by atoms with Crippen LogP contribution in [0.1, 0.15) is 18.9 Å². The lowest BCUT2D eigenvalue weighted by Gasteiger charge is -2.14. The molecule has 0 amide bonds. The molecule has 0 spiro atoms. The number of benzene rings is 4. The quantitative estimate of drug-likeness (QED) is 0.160. The average Bonchev–Trinajstić information content (AvgIpc) is 3.49. The molecule has 0 aliphatic rings. The molecule has 0 radical (unpaired) electrons. The Morgan fingerprint density at radius 2 is 1.36 bits per heavy atom. The van der Waals surface area contributed by atoms with Crippen LogP contribution in [0.15, 0.2) is 120 Å². The standard InChI is InChI=1S/C37H28N6O2S2/c1-2-22-39-47(44,45)28-20-18-27(19-21-28)40-36-29(23-38)30(24-12-6-3-7-13-24)35-34(41-36)32-31(25-14-8-4-9-15-25)33(42-43-37(32)46-35)26-16-10-5-11-17-26/h3-21,39H,2,22H2,1H3,(H,40,41). The van der Waals surface area contributed by atoms with Gasteiger partial charge >= 0.3 is 0 Å². The van der Waals surface area contributed by atoms with Gasteiger partial charge in [-0.3, -0.25) is 0 Å². The molecule has 8 nitrogen and oxygen atoms in total. The van der Waals surface area contributed by atoms with Crippen molar-refractivity contribution in [1.82, 2.24) is 19.9 Å². The van der Waals surface area contributed by atoms with Crippen LogP contribution >= 0.6 is 11.3 Å². The summed E-state index contributed by atoms with van der Waals surface area (Å²) in [5.41, 5.74) is 6.81. The van der Waals surface area contributed by atoms with Gasteiger partial charge < -0.3 is 5.32 Å². The zero-order chi connectivity index (χ0) is 32.4. The zero-order valence-electron chi connectivity index (χ0n) is 25.3. The number of aromatic nitrogens is 3. The van der Waals surface area contributed by atoms with Gasteiger partial charge in [-0.1, -0.05) is 97.9 Å². The van der Waals surface area contributed by atoms with Crippen LogP contribution in [0.3, 0.4) is 0 Å². The van der Waals surface area contributed by atoms with Gasteiger partial charge in [-0.05, 0) is 41.8 Å². The van der Waals surface area contributed by atoms with E-state index < -0.39 is 10.0 Å². The predicted octanol–water partition coefficient (Wildman–Crippen LogP) is 8.54. The molecule has 7 rings (SSSR count). The minimum Gasteiger partial charge on any atom is -0.339 e. The highest BCUT2D eigenvalue weighted by Crippen LogP contribution is 2.47. The molecular weight excluding hydrogens is 625 g/mol. The Labute approximate surface area is 276 Å². The lowest BCUT2D eigenvalue weighted by molar-refractivity contribution is 0.581. The number of nitrogens with one attached hydrogen (secondary N) is 2. The molecule has 0 saturated heterocycles. The number of hydrogen-bond donors (Lipinski definition) is 2. The summed E-state index contributed by atoms with van der Waals surface area (Å²) in [5, 5.41) is 24.2. The van der Waals surface area contributed by atoms with Crippen LogP contribution in [0, 0.1) is 11.3 Å². The third-order valence-electron chi connectivity index (χ3n) is 7.78. The van der Waals surface area contributed by atoms with Crippen molar-refractivity contribution in [2.24, 2.45) is 0 Å². The first-order valence-corrected chi connectivity index (χ1v) is 17.4. The number of fused-ring (bicyclic) bond motifs is 3. The van der Waals surface area contributed by atoms with Crippen LogP contribution in [0.25, 0.3) is 53.9 Å². The Morgan fingerprint density at radius 1 is 0.766 bits per heavy atom. The van der Waals surface area contributed by atoms with Crippen molar-refractivity contribution in [3.8, 4) is 39.6 Å². The van der Waals surface area contributed by atoms with Gasteiger partial charge in [0.25, 0.3) is 0 Å².